The van der Waals surface area contributed by atoms with Crippen LogP contribution in [0.2, 0.25) is 0 Å². The predicted octanol–water partition coefficient (Wildman–Crippen LogP) is 2.46. The molecule has 1 amide bonds. The maximum atomic E-state index is 12.1. The van der Waals surface area contributed by atoms with Crippen LogP contribution in [0, 0.1) is 0 Å². The Labute approximate surface area is 134 Å². The summed E-state index contributed by atoms with van der Waals surface area (Å²) < 4.78 is 5.25. The van der Waals surface area contributed by atoms with Crippen LogP contribution < -0.4 is 0 Å². The number of hydrogen-bond donors (Lipinski definition) is 0. The van der Waals surface area contributed by atoms with E-state index in [1.165, 1.54) is 0 Å². The first-order valence-corrected chi connectivity index (χ1v) is 7.43. The van der Waals surface area contributed by atoms with Crippen molar-refractivity contribution in [3.8, 4) is 0 Å². The summed E-state index contributed by atoms with van der Waals surface area (Å²) in [7, 11) is 0. The molecular formula is C18H17NO4. The van der Waals surface area contributed by atoms with Crippen LogP contribution in [-0.4, -0.2) is 23.0 Å². The fourth-order valence-electron chi connectivity index (χ4n) is 2.28. The summed E-state index contributed by atoms with van der Waals surface area (Å²) in [4.78, 5) is 29.1. The second kappa shape index (κ2) is 7.07. The largest absolute Gasteiger partial charge is 0.459 e. The average Bonchev–Trinajstić information content (AvgIpc) is 2.59. The van der Waals surface area contributed by atoms with Crippen molar-refractivity contribution >= 4 is 11.9 Å². The van der Waals surface area contributed by atoms with Crippen molar-refractivity contribution in [1.82, 2.24) is 5.06 Å². The number of hydrogen-bond acceptors (Lipinski definition) is 4. The van der Waals surface area contributed by atoms with Crippen molar-refractivity contribution in [2.75, 3.05) is 0 Å². The summed E-state index contributed by atoms with van der Waals surface area (Å²) >= 11 is 0. The van der Waals surface area contributed by atoms with Crippen LogP contribution >= 0.6 is 0 Å². The van der Waals surface area contributed by atoms with E-state index in [-0.39, 0.29) is 25.5 Å². The molecule has 0 aromatic heterocycles. The van der Waals surface area contributed by atoms with Crippen LogP contribution in [0.4, 0.5) is 0 Å². The Hall–Kier alpha value is -2.66. The van der Waals surface area contributed by atoms with Gasteiger partial charge in [0.1, 0.15) is 13.2 Å². The molecule has 1 unspecified atom stereocenters. The predicted molar refractivity (Wildman–Crippen MR) is 82.7 cm³/mol. The Balaban J connectivity index is 1.51. The minimum atomic E-state index is -0.657. The van der Waals surface area contributed by atoms with E-state index >= 15 is 0 Å². The van der Waals surface area contributed by atoms with Crippen molar-refractivity contribution in [1.29, 1.82) is 0 Å². The number of rotatable bonds is 6. The number of β-lactam (4-membered cyclic amide) rings is 1. The van der Waals surface area contributed by atoms with E-state index in [4.69, 9.17) is 9.57 Å². The van der Waals surface area contributed by atoms with E-state index in [1.54, 1.807) is 0 Å². The van der Waals surface area contributed by atoms with Crippen molar-refractivity contribution < 1.29 is 19.2 Å². The molecule has 23 heavy (non-hydrogen) atoms. The summed E-state index contributed by atoms with van der Waals surface area (Å²) in [5.41, 5.74) is 1.84. The van der Waals surface area contributed by atoms with Crippen LogP contribution in [0.3, 0.4) is 0 Å². The summed E-state index contributed by atoms with van der Waals surface area (Å²) in [5.74, 6) is -0.649. The SMILES string of the molecule is O=C(OCc1ccccc1)C1CC(=O)N1OCc1ccccc1. The number of carbonyl (C=O) groups excluding carboxylic acids is 2. The van der Waals surface area contributed by atoms with Crippen LogP contribution in [0.15, 0.2) is 60.7 Å². The lowest BCUT2D eigenvalue weighted by Crippen LogP contribution is -2.56. The molecule has 0 saturated carbocycles. The molecule has 2 aromatic carbocycles. The minimum absolute atomic E-state index is 0.127. The summed E-state index contributed by atoms with van der Waals surface area (Å²) in [5, 5.41) is 1.11. The standard InChI is InChI=1S/C18H17NO4/c20-17-11-16(18(21)22-12-14-7-3-1-4-8-14)19(17)23-13-15-9-5-2-6-10-15/h1-10,16H,11-13H2. The fraction of sp³-hybridized carbons (Fsp3) is 0.222. The Bertz CT molecular complexity index is 672. The number of ether oxygens (including phenoxy) is 1. The molecule has 3 rings (SSSR count). The third kappa shape index (κ3) is 3.76. The Morgan fingerprint density at radius 3 is 2.09 bits per heavy atom. The molecule has 0 bridgehead atoms. The first-order chi connectivity index (χ1) is 11.2. The van der Waals surface area contributed by atoms with Gasteiger partial charge in [-0.2, -0.15) is 0 Å². The molecule has 1 fully saturated rings. The zero-order valence-electron chi connectivity index (χ0n) is 12.6. The first-order valence-electron chi connectivity index (χ1n) is 7.43. The van der Waals surface area contributed by atoms with E-state index in [0.29, 0.717) is 0 Å². The van der Waals surface area contributed by atoms with Gasteiger partial charge in [0.15, 0.2) is 6.04 Å². The number of amides is 1. The van der Waals surface area contributed by atoms with Crippen LogP contribution in [0.25, 0.3) is 0 Å². The summed E-state index contributed by atoms with van der Waals surface area (Å²) in [6.45, 7) is 0.436. The quantitative estimate of drug-likeness (QED) is 0.607. The highest BCUT2D eigenvalue weighted by Crippen LogP contribution is 2.22. The van der Waals surface area contributed by atoms with Crippen molar-refractivity contribution in [3.05, 3.63) is 71.8 Å². The van der Waals surface area contributed by atoms with Crippen LogP contribution in [0.5, 0.6) is 0 Å². The van der Waals surface area contributed by atoms with E-state index in [0.717, 1.165) is 16.2 Å². The molecule has 1 saturated heterocycles. The van der Waals surface area contributed by atoms with Gasteiger partial charge in [0.2, 0.25) is 5.91 Å². The number of benzene rings is 2. The topological polar surface area (TPSA) is 55.8 Å². The highest BCUT2D eigenvalue weighted by Gasteiger charge is 2.44. The Kier molecular flexibility index (Phi) is 4.68. The van der Waals surface area contributed by atoms with E-state index in [9.17, 15) is 9.59 Å². The van der Waals surface area contributed by atoms with Gasteiger partial charge in [0.25, 0.3) is 0 Å². The number of carbonyl (C=O) groups is 2. The average molecular weight is 311 g/mol. The van der Waals surface area contributed by atoms with Gasteiger partial charge in [-0.1, -0.05) is 60.7 Å². The van der Waals surface area contributed by atoms with Crippen molar-refractivity contribution in [2.24, 2.45) is 0 Å². The van der Waals surface area contributed by atoms with Gasteiger partial charge < -0.3 is 4.74 Å². The normalized spacial score (nSPS) is 16.8. The second-order valence-corrected chi connectivity index (χ2v) is 5.29. The first kappa shape index (κ1) is 15.2. The van der Waals surface area contributed by atoms with E-state index < -0.39 is 12.0 Å². The molecule has 0 radical (unpaired) electrons. The maximum Gasteiger partial charge on any atom is 0.332 e. The molecule has 1 aliphatic heterocycles. The van der Waals surface area contributed by atoms with Gasteiger partial charge in [-0.3, -0.25) is 9.63 Å². The van der Waals surface area contributed by atoms with Gasteiger partial charge >= 0.3 is 5.97 Å². The van der Waals surface area contributed by atoms with Crippen LogP contribution in [0.1, 0.15) is 17.5 Å². The third-order valence-electron chi connectivity index (χ3n) is 3.61. The van der Waals surface area contributed by atoms with Crippen LogP contribution in [-0.2, 0) is 32.4 Å². The van der Waals surface area contributed by atoms with E-state index in [1.807, 2.05) is 60.7 Å². The molecule has 118 valence electrons. The Morgan fingerprint density at radius 1 is 0.957 bits per heavy atom. The highest BCUT2D eigenvalue weighted by molar-refractivity contribution is 5.94. The minimum Gasteiger partial charge on any atom is -0.459 e. The van der Waals surface area contributed by atoms with E-state index in [2.05, 4.69) is 0 Å². The zero-order valence-corrected chi connectivity index (χ0v) is 12.6. The van der Waals surface area contributed by atoms with Gasteiger partial charge in [-0.25, -0.2) is 9.86 Å². The summed E-state index contributed by atoms with van der Waals surface area (Å²) in [6.07, 6.45) is 0.127. The van der Waals surface area contributed by atoms with Crippen molar-refractivity contribution in [2.45, 2.75) is 25.7 Å². The lowest BCUT2D eigenvalue weighted by atomic mass is 10.1. The lowest BCUT2D eigenvalue weighted by molar-refractivity contribution is -0.237. The Morgan fingerprint density at radius 2 is 1.52 bits per heavy atom. The molecule has 0 aliphatic carbocycles. The maximum absolute atomic E-state index is 12.1. The highest BCUT2D eigenvalue weighted by atomic mass is 16.7. The summed E-state index contributed by atoms with van der Waals surface area (Å²) in [6, 6.07) is 18.2. The molecule has 1 aliphatic rings. The fourth-order valence-corrected chi connectivity index (χ4v) is 2.28. The molecule has 1 atom stereocenters. The molecule has 5 nitrogen and oxygen atoms in total. The molecule has 5 heteroatoms. The smallest absolute Gasteiger partial charge is 0.332 e. The molecular weight excluding hydrogens is 294 g/mol. The zero-order chi connectivity index (χ0) is 16.1. The van der Waals surface area contributed by atoms with Gasteiger partial charge in [0, 0.05) is 0 Å². The van der Waals surface area contributed by atoms with Gasteiger partial charge in [0.05, 0.1) is 6.42 Å². The monoisotopic (exact) mass is 311 g/mol. The molecule has 0 spiro atoms. The third-order valence-corrected chi connectivity index (χ3v) is 3.61. The lowest BCUT2D eigenvalue weighted by Gasteiger charge is -2.36. The van der Waals surface area contributed by atoms with Gasteiger partial charge in [-0.05, 0) is 11.1 Å². The van der Waals surface area contributed by atoms with Crippen molar-refractivity contribution in [3.63, 3.8) is 0 Å². The molecule has 0 N–H and O–H groups in total. The number of esters is 1. The second-order valence-electron chi connectivity index (χ2n) is 5.29. The number of nitrogens with zero attached hydrogens (tertiary/aromatic N) is 1. The number of hydroxylamine groups is 2. The molecule has 2 aromatic rings. The molecule has 1 heterocycles. The van der Waals surface area contributed by atoms with Gasteiger partial charge in [-0.15, -0.1) is 0 Å².